The van der Waals surface area contributed by atoms with Gasteiger partial charge < -0.3 is 14.5 Å². The summed E-state index contributed by atoms with van der Waals surface area (Å²) in [5, 5.41) is 6.06. The van der Waals surface area contributed by atoms with Crippen molar-refractivity contribution >= 4 is 57.1 Å². The molecule has 41 heavy (non-hydrogen) atoms. The minimum absolute atomic E-state index is 0.0225. The molecular formula is C27H28N8O5S. The van der Waals surface area contributed by atoms with Gasteiger partial charge in [-0.1, -0.05) is 6.07 Å². The van der Waals surface area contributed by atoms with Crippen molar-refractivity contribution in [2.24, 2.45) is 0 Å². The first-order valence-corrected chi connectivity index (χ1v) is 14.5. The molecule has 0 aliphatic carbocycles. The van der Waals surface area contributed by atoms with E-state index in [1.54, 1.807) is 23.5 Å². The maximum absolute atomic E-state index is 13.2. The zero-order valence-electron chi connectivity index (χ0n) is 22.2. The van der Waals surface area contributed by atoms with E-state index in [0.29, 0.717) is 19.8 Å². The number of imide groups is 2. The van der Waals surface area contributed by atoms with Crippen molar-refractivity contribution in [3.63, 3.8) is 0 Å². The molecule has 5 amide bonds. The number of benzene rings is 1. The van der Waals surface area contributed by atoms with Crippen molar-refractivity contribution < 1.29 is 23.9 Å². The summed E-state index contributed by atoms with van der Waals surface area (Å²) in [6.45, 7) is 6.72. The number of aromatic nitrogens is 2. The lowest BCUT2D eigenvalue weighted by Crippen LogP contribution is -2.58. The molecule has 0 saturated carbocycles. The van der Waals surface area contributed by atoms with E-state index in [2.05, 4.69) is 25.4 Å². The molecule has 4 aliphatic rings. The maximum atomic E-state index is 13.2. The summed E-state index contributed by atoms with van der Waals surface area (Å²) >= 11 is 1.66. The SMILES string of the molecule is O=C1CCN(N2C(=O)c3ccc(CN4CCN(c5nc(N6CCOCC6)nc6ccsc56)CC4)cc3C2=O)C(=O)N1. The Labute approximate surface area is 239 Å². The summed E-state index contributed by atoms with van der Waals surface area (Å²) in [5.74, 6) is 0.173. The monoisotopic (exact) mass is 576 g/mol. The molecule has 7 rings (SSSR count). The maximum Gasteiger partial charge on any atom is 0.343 e. The molecule has 2 aromatic heterocycles. The van der Waals surface area contributed by atoms with Gasteiger partial charge in [-0.2, -0.15) is 9.99 Å². The summed E-state index contributed by atoms with van der Waals surface area (Å²) in [6, 6.07) is 6.52. The number of carbonyl (C=O) groups is 4. The lowest BCUT2D eigenvalue weighted by atomic mass is 10.1. The predicted octanol–water partition coefficient (Wildman–Crippen LogP) is 1.30. The van der Waals surface area contributed by atoms with Gasteiger partial charge in [0.25, 0.3) is 11.8 Å². The number of nitrogens with one attached hydrogen (secondary N) is 1. The molecule has 0 unspecified atom stereocenters. The van der Waals surface area contributed by atoms with Crippen molar-refractivity contribution in [3.05, 3.63) is 46.3 Å². The van der Waals surface area contributed by atoms with Crippen LogP contribution in [0.2, 0.25) is 0 Å². The minimum atomic E-state index is -0.769. The number of piperazine rings is 1. The molecule has 6 heterocycles. The summed E-state index contributed by atoms with van der Waals surface area (Å²) in [6.07, 6.45) is 0.0257. The molecule has 0 radical (unpaired) electrons. The Hall–Kier alpha value is -4.14. The van der Waals surface area contributed by atoms with E-state index in [4.69, 9.17) is 14.7 Å². The minimum Gasteiger partial charge on any atom is -0.378 e. The summed E-state index contributed by atoms with van der Waals surface area (Å²) in [7, 11) is 0. The third-order valence-corrected chi connectivity index (χ3v) is 8.75. The number of urea groups is 1. The normalized spacial score (nSPS) is 20.3. The molecule has 3 aromatic rings. The number of thiophene rings is 1. The van der Waals surface area contributed by atoms with E-state index in [1.807, 2.05) is 12.1 Å². The van der Waals surface area contributed by atoms with E-state index >= 15 is 0 Å². The number of morpholine rings is 1. The largest absolute Gasteiger partial charge is 0.378 e. The van der Waals surface area contributed by atoms with Crippen LogP contribution in [0.4, 0.5) is 16.6 Å². The number of hydrazine groups is 1. The van der Waals surface area contributed by atoms with Crippen LogP contribution in [0.25, 0.3) is 10.2 Å². The summed E-state index contributed by atoms with van der Waals surface area (Å²) in [5.41, 5.74) is 2.40. The van der Waals surface area contributed by atoms with E-state index in [9.17, 15) is 19.2 Å². The second kappa shape index (κ2) is 10.4. The summed E-state index contributed by atoms with van der Waals surface area (Å²) in [4.78, 5) is 66.5. The van der Waals surface area contributed by atoms with Crippen molar-refractivity contribution in [1.82, 2.24) is 30.2 Å². The van der Waals surface area contributed by atoms with E-state index in [-0.39, 0.29) is 24.1 Å². The number of nitrogens with zero attached hydrogens (tertiary/aromatic N) is 7. The van der Waals surface area contributed by atoms with Crippen LogP contribution in [-0.4, -0.2) is 108 Å². The van der Waals surface area contributed by atoms with Crippen LogP contribution in [-0.2, 0) is 16.1 Å². The van der Waals surface area contributed by atoms with E-state index in [0.717, 1.165) is 76.8 Å². The third kappa shape index (κ3) is 4.67. The molecule has 1 aromatic carbocycles. The Bertz CT molecular complexity index is 1560. The first-order valence-electron chi connectivity index (χ1n) is 13.6. The number of hydrogen-bond acceptors (Lipinski definition) is 11. The van der Waals surface area contributed by atoms with Gasteiger partial charge in [0.1, 0.15) is 0 Å². The highest BCUT2D eigenvalue weighted by Gasteiger charge is 2.43. The predicted molar refractivity (Wildman–Crippen MR) is 150 cm³/mol. The van der Waals surface area contributed by atoms with Gasteiger partial charge in [-0.3, -0.25) is 24.6 Å². The zero-order chi connectivity index (χ0) is 28.1. The number of fused-ring (bicyclic) bond motifs is 2. The van der Waals surface area contributed by atoms with Crippen molar-refractivity contribution in [3.8, 4) is 0 Å². The Morgan fingerprint density at radius 2 is 1.63 bits per heavy atom. The van der Waals surface area contributed by atoms with E-state index < -0.39 is 23.8 Å². The summed E-state index contributed by atoms with van der Waals surface area (Å²) < 4.78 is 6.59. The highest BCUT2D eigenvalue weighted by Crippen LogP contribution is 2.32. The molecule has 212 valence electrons. The average molecular weight is 577 g/mol. The number of carbonyl (C=O) groups excluding carboxylic acids is 4. The van der Waals surface area contributed by atoms with Gasteiger partial charge in [0.15, 0.2) is 5.82 Å². The van der Waals surface area contributed by atoms with Gasteiger partial charge in [-0.25, -0.2) is 14.8 Å². The van der Waals surface area contributed by atoms with Gasteiger partial charge in [0.05, 0.1) is 41.1 Å². The van der Waals surface area contributed by atoms with Gasteiger partial charge in [-0.15, -0.1) is 11.3 Å². The van der Waals surface area contributed by atoms with Crippen LogP contribution >= 0.6 is 11.3 Å². The second-order valence-electron chi connectivity index (χ2n) is 10.4. The molecular weight excluding hydrogens is 548 g/mol. The number of anilines is 2. The molecule has 0 bridgehead atoms. The van der Waals surface area contributed by atoms with Crippen LogP contribution in [0.1, 0.15) is 32.7 Å². The van der Waals surface area contributed by atoms with Crippen molar-refractivity contribution in [1.29, 1.82) is 0 Å². The fourth-order valence-electron chi connectivity index (χ4n) is 5.67. The molecule has 14 heteroatoms. The Kier molecular flexibility index (Phi) is 6.52. The Morgan fingerprint density at radius 1 is 0.854 bits per heavy atom. The molecule has 4 aliphatic heterocycles. The Balaban J connectivity index is 1.03. The standard InChI is InChI=1S/C27H28N8O5S/c36-21-3-5-34(27(39)29-21)35-24(37)18-2-1-17(15-19(18)25(35)38)16-31-6-8-32(9-7-31)23-22-20(4-14-41-22)28-26(30-23)33-10-12-40-13-11-33/h1-2,4,14-15H,3,5-13,16H2,(H,29,36,39). The topological polar surface area (TPSA) is 132 Å². The van der Waals surface area contributed by atoms with Crippen molar-refractivity contribution in [2.45, 2.75) is 13.0 Å². The average Bonchev–Trinajstić information content (AvgIpc) is 3.56. The van der Waals surface area contributed by atoms with Crippen molar-refractivity contribution in [2.75, 3.05) is 68.8 Å². The fraction of sp³-hybridized carbons (Fsp3) is 0.407. The van der Waals surface area contributed by atoms with Gasteiger partial charge in [-0.05, 0) is 29.1 Å². The highest BCUT2D eigenvalue weighted by atomic mass is 32.1. The number of hydrogen-bond donors (Lipinski definition) is 1. The molecule has 3 saturated heterocycles. The zero-order valence-corrected chi connectivity index (χ0v) is 23.1. The van der Waals surface area contributed by atoms with Gasteiger partial charge >= 0.3 is 6.03 Å². The lowest BCUT2D eigenvalue weighted by molar-refractivity contribution is -0.122. The van der Waals surface area contributed by atoms with Gasteiger partial charge in [0, 0.05) is 52.2 Å². The fourth-order valence-corrected chi connectivity index (χ4v) is 6.52. The molecule has 0 atom stereocenters. The number of ether oxygens (including phenoxy) is 1. The number of amides is 5. The first-order chi connectivity index (χ1) is 20.0. The quantitative estimate of drug-likeness (QED) is 0.444. The molecule has 1 N–H and O–H groups in total. The smallest absolute Gasteiger partial charge is 0.343 e. The lowest BCUT2D eigenvalue weighted by Gasteiger charge is -2.36. The number of rotatable bonds is 5. The molecule has 0 spiro atoms. The van der Waals surface area contributed by atoms with E-state index in [1.165, 1.54) is 0 Å². The van der Waals surface area contributed by atoms with Crippen LogP contribution in [0, 0.1) is 0 Å². The van der Waals surface area contributed by atoms with Crippen LogP contribution in [0.5, 0.6) is 0 Å². The molecule has 3 fully saturated rings. The van der Waals surface area contributed by atoms with Crippen LogP contribution in [0.15, 0.2) is 29.6 Å². The van der Waals surface area contributed by atoms with Crippen LogP contribution < -0.4 is 15.1 Å². The highest BCUT2D eigenvalue weighted by molar-refractivity contribution is 7.17. The second-order valence-corrected chi connectivity index (χ2v) is 11.3. The van der Waals surface area contributed by atoms with Crippen LogP contribution in [0.3, 0.4) is 0 Å². The van der Waals surface area contributed by atoms with Gasteiger partial charge in [0.2, 0.25) is 11.9 Å². The first kappa shape index (κ1) is 25.8. The molecule has 13 nitrogen and oxygen atoms in total. The third-order valence-electron chi connectivity index (χ3n) is 7.85. The Morgan fingerprint density at radius 3 is 2.41 bits per heavy atom.